The highest BCUT2D eigenvalue weighted by molar-refractivity contribution is 5.63. The van der Waals surface area contributed by atoms with Crippen molar-refractivity contribution in [3.05, 3.63) is 60.4 Å². The zero-order chi connectivity index (χ0) is 13.2. The number of hydrogen-bond donors (Lipinski definition) is 0. The Bertz CT molecular complexity index is 716. The van der Waals surface area contributed by atoms with Crippen LogP contribution in [0.4, 0.5) is 0 Å². The fourth-order valence-corrected chi connectivity index (χ4v) is 2.15. The second kappa shape index (κ2) is 4.69. The Morgan fingerprint density at radius 2 is 1.68 bits per heavy atom. The van der Waals surface area contributed by atoms with Crippen LogP contribution in [0.1, 0.15) is 5.56 Å². The minimum atomic E-state index is 0.719. The van der Waals surface area contributed by atoms with Crippen molar-refractivity contribution in [2.24, 2.45) is 0 Å². The van der Waals surface area contributed by atoms with Crippen LogP contribution in [-0.4, -0.2) is 11.5 Å². The van der Waals surface area contributed by atoms with Crippen LogP contribution in [0, 0.1) is 6.92 Å². The summed E-state index contributed by atoms with van der Waals surface area (Å²) in [6, 6.07) is 13.7. The van der Waals surface area contributed by atoms with E-state index in [0.717, 1.165) is 22.8 Å². The highest BCUT2D eigenvalue weighted by Crippen LogP contribution is 2.33. The molecule has 0 spiro atoms. The number of methoxy groups -OCH3 is 1. The van der Waals surface area contributed by atoms with E-state index in [4.69, 9.17) is 9.47 Å². The van der Waals surface area contributed by atoms with Crippen molar-refractivity contribution < 1.29 is 9.47 Å². The first-order valence-corrected chi connectivity index (χ1v) is 6.16. The molecule has 0 amide bonds. The van der Waals surface area contributed by atoms with Gasteiger partial charge in [0.05, 0.1) is 12.6 Å². The van der Waals surface area contributed by atoms with Crippen molar-refractivity contribution >= 4 is 5.52 Å². The second-order valence-electron chi connectivity index (χ2n) is 4.44. The lowest BCUT2D eigenvalue weighted by atomic mass is 10.3. The molecule has 19 heavy (non-hydrogen) atoms. The van der Waals surface area contributed by atoms with Crippen molar-refractivity contribution in [1.29, 1.82) is 0 Å². The lowest BCUT2D eigenvalue weighted by Gasteiger charge is -2.11. The Kier molecular flexibility index (Phi) is 2.88. The van der Waals surface area contributed by atoms with Crippen molar-refractivity contribution in [2.45, 2.75) is 6.92 Å². The number of hydrogen-bond acceptors (Lipinski definition) is 2. The van der Waals surface area contributed by atoms with Crippen LogP contribution in [0.3, 0.4) is 0 Å². The third-order valence-electron chi connectivity index (χ3n) is 3.02. The summed E-state index contributed by atoms with van der Waals surface area (Å²) in [6.07, 6.45) is 4.09. The van der Waals surface area contributed by atoms with E-state index in [1.165, 1.54) is 5.56 Å². The van der Waals surface area contributed by atoms with Gasteiger partial charge in [0.1, 0.15) is 0 Å². The quantitative estimate of drug-likeness (QED) is 0.702. The van der Waals surface area contributed by atoms with E-state index in [-0.39, 0.29) is 0 Å². The molecule has 0 fully saturated rings. The molecule has 0 N–H and O–H groups in total. The number of aryl methyl sites for hydroxylation is 1. The Balaban J connectivity index is 2.05. The number of para-hydroxylation sites is 2. The molecule has 0 unspecified atom stereocenters. The Morgan fingerprint density at radius 1 is 0.947 bits per heavy atom. The zero-order valence-electron chi connectivity index (χ0n) is 11.0. The van der Waals surface area contributed by atoms with Crippen molar-refractivity contribution in [2.75, 3.05) is 7.11 Å². The van der Waals surface area contributed by atoms with Crippen molar-refractivity contribution in [1.82, 2.24) is 4.40 Å². The molecule has 0 aliphatic rings. The third kappa shape index (κ3) is 2.15. The van der Waals surface area contributed by atoms with Crippen LogP contribution in [0.25, 0.3) is 5.52 Å². The molecule has 0 radical (unpaired) electrons. The first-order chi connectivity index (χ1) is 9.28. The van der Waals surface area contributed by atoms with Gasteiger partial charge in [-0.05, 0) is 42.8 Å². The lowest BCUT2D eigenvalue weighted by molar-refractivity contribution is 0.379. The molecule has 2 heterocycles. The summed E-state index contributed by atoms with van der Waals surface area (Å²) in [5, 5.41) is 0. The Hall–Kier alpha value is -2.42. The molecule has 0 saturated carbocycles. The smallest absolute Gasteiger partial charge is 0.169 e. The molecule has 0 aliphatic heterocycles. The van der Waals surface area contributed by atoms with E-state index in [1.807, 2.05) is 42.6 Å². The van der Waals surface area contributed by atoms with Gasteiger partial charge < -0.3 is 13.9 Å². The van der Waals surface area contributed by atoms with Crippen LogP contribution in [-0.2, 0) is 0 Å². The summed E-state index contributed by atoms with van der Waals surface area (Å²) >= 11 is 0. The van der Waals surface area contributed by atoms with Gasteiger partial charge in [-0.1, -0.05) is 12.1 Å². The van der Waals surface area contributed by atoms with Crippen LogP contribution in [0.5, 0.6) is 17.2 Å². The number of rotatable bonds is 3. The van der Waals surface area contributed by atoms with E-state index in [0.29, 0.717) is 0 Å². The zero-order valence-corrected chi connectivity index (χ0v) is 11.0. The first kappa shape index (κ1) is 11.7. The maximum Gasteiger partial charge on any atom is 0.169 e. The van der Waals surface area contributed by atoms with Crippen LogP contribution >= 0.6 is 0 Å². The lowest BCUT2D eigenvalue weighted by Crippen LogP contribution is -1.91. The maximum atomic E-state index is 5.98. The summed E-state index contributed by atoms with van der Waals surface area (Å²) in [6.45, 7) is 2.07. The minimum Gasteiger partial charge on any atom is -0.493 e. The first-order valence-electron chi connectivity index (χ1n) is 6.16. The van der Waals surface area contributed by atoms with E-state index in [2.05, 4.69) is 23.6 Å². The van der Waals surface area contributed by atoms with Gasteiger partial charge in [0.15, 0.2) is 17.2 Å². The molecule has 1 aromatic carbocycles. The fourth-order valence-electron chi connectivity index (χ4n) is 2.15. The monoisotopic (exact) mass is 253 g/mol. The molecular weight excluding hydrogens is 238 g/mol. The van der Waals surface area contributed by atoms with E-state index < -0.39 is 0 Å². The van der Waals surface area contributed by atoms with E-state index >= 15 is 0 Å². The summed E-state index contributed by atoms with van der Waals surface area (Å²) in [7, 11) is 1.64. The predicted octanol–water partition coefficient (Wildman–Crippen LogP) is 4.05. The standard InChI is InChI=1S/C16H15NO2/c1-12-10-13-14(8-5-9-17(13)11-12)19-16-7-4-3-6-15(16)18-2/h3-11H,1-2H3. The molecule has 3 aromatic rings. The molecule has 0 atom stereocenters. The van der Waals surface area contributed by atoms with Gasteiger partial charge >= 0.3 is 0 Å². The summed E-state index contributed by atoms with van der Waals surface area (Å²) < 4.78 is 13.3. The minimum absolute atomic E-state index is 0.719. The summed E-state index contributed by atoms with van der Waals surface area (Å²) in [5.74, 6) is 2.27. The molecule has 0 saturated heterocycles. The van der Waals surface area contributed by atoms with Crippen LogP contribution < -0.4 is 9.47 Å². The second-order valence-corrected chi connectivity index (χ2v) is 4.44. The molecule has 3 nitrogen and oxygen atoms in total. The normalized spacial score (nSPS) is 10.6. The predicted molar refractivity (Wildman–Crippen MR) is 75.2 cm³/mol. The summed E-state index contributed by atoms with van der Waals surface area (Å²) in [4.78, 5) is 0. The average molecular weight is 253 g/mol. The Labute approximate surface area is 112 Å². The van der Waals surface area contributed by atoms with Gasteiger partial charge in [-0.3, -0.25) is 0 Å². The molecule has 3 heteroatoms. The van der Waals surface area contributed by atoms with E-state index in [1.54, 1.807) is 7.11 Å². The van der Waals surface area contributed by atoms with Gasteiger partial charge in [0, 0.05) is 12.4 Å². The van der Waals surface area contributed by atoms with Gasteiger partial charge in [0.25, 0.3) is 0 Å². The number of benzene rings is 1. The molecule has 3 rings (SSSR count). The number of fused-ring (bicyclic) bond motifs is 1. The maximum absolute atomic E-state index is 5.98. The van der Waals surface area contributed by atoms with Gasteiger partial charge in [-0.2, -0.15) is 0 Å². The number of nitrogens with zero attached hydrogens (tertiary/aromatic N) is 1. The van der Waals surface area contributed by atoms with Gasteiger partial charge in [0.2, 0.25) is 0 Å². The summed E-state index contributed by atoms with van der Waals surface area (Å²) in [5.41, 5.74) is 2.25. The molecule has 2 aromatic heterocycles. The Morgan fingerprint density at radius 3 is 2.47 bits per heavy atom. The van der Waals surface area contributed by atoms with E-state index in [9.17, 15) is 0 Å². The van der Waals surface area contributed by atoms with Crippen molar-refractivity contribution in [3.8, 4) is 17.2 Å². The average Bonchev–Trinajstić information content (AvgIpc) is 2.81. The van der Waals surface area contributed by atoms with Crippen LogP contribution in [0.2, 0.25) is 0 Å². The molecular formula is C16H15NO2. The topological polar surface area (TPSA) is 22.9 Å². The van der Waals surface area contributed by atoms with Crippen molar-refractivity contribution in [3.63, 3.8) is 0 Å². The highest BCUT2D eigenvalue weighted by atomic mass is 16.5. The molecule has 0 bridgehead atoms. The fraction of sp³-hybridized carbons (Fsp3) is 0.125. The largest absolute Gasteiger partial charge is 0.493 e. The number of aromatic nitrogens is 1. The van der Waals surface area contributed by atoms with Crippen LogP contribution in [0.15, 0.2) is 54.9 Å². The molecule has 96 valence electrons. The van der Waals surface area contributed by atoms with Gasteiger partial charge in [-0.15, -0.1) is 0 Å². The SMILES string of the molecule is COc1ccccc1Oc1cccn2cc(C)cc12. The molecule has 0 aliphatic carbocycles. The number of pyridine rings is 1. The highest BCUT2D eigenvalue weighted by Gasteiger charge is 2.08. The third-order valence-corrected chi connectivity index (χ3v) is 3.02. The van der Waals surface area contributed by atoms with Gasteiger partial charge in [-0.25, -0.2) is 0 Å². The number of ether oxygens (including phenoxy) is 2.